The predicted octanol–water partition coefficient (Wildman–Crippen LogP) is 6.76. The highest BCUT2D eigenvalue weighted by molar-refractivity contribution is 7.89. The van der Waals surface area contributed by atoms with Crippen LogP contribution in [0.1, 0.15) is 52.7 Å². The summed E-state index contributed by atoms with van der Waals surface area (Å²) in [5, 5.41) is 12.7. The van der Waals surface area contributed by atoms with Gasteiger partial charge >= 0.3 is 0 Å². The van der Waals surface area contributed by atoms with Crippen LogP contribution in [0.2, 0.25) is 0 Å². The lowest BCUT2D eigenvalue weighted by Gasteiger charge is -2.44. The summed E-state index contributed by atoms with van der Waals surface area (Å²) in [5.41, 5.74) is 7.39. The normalized spacial score (nSPS) is 20.0. The molecule has 0 unspecified atom stereocenters. The molecule has 326 valence electrons. The van der Waals surface area contributed by atoms with Crippen LogP contribution in [0, 0.1) is 12.8 Å². The summed E-state index contributed by atoms with van der Waals surface area (Å²) in [6.07, 6.45) is 2.81. The minimum atomic E-state index is -3.97. The van der Waals surface area contributed by atoms with Crippen LogP contribution in [0.5, 0.6) is 0 Å². The minimum absolute atomic E-state index is 0.0201. The number of rotatable bonds is 15. The average Bonchev–Trinajstić information content (AvgIpc) is 3.32. The fourth-order valence-corrected chi connectivity index (χ4v) is 9.38. The molecule has 1 amide bonds. The molecule has 2 saturated heterocycles. The summed E-state index contributed by atoms with van der Waals surface area (Å²) in [7, 11) is -3.97. The lowest BCUT2D eigenvalue weighted by molar-refractivity contribution is -0.276. The third kappa shape index (κ3) is 11.1. The monoisotopic (exact) mass is 866 g/mol. The Morgan fingerprint density at radius 2 is 1.44 bits per heavy atom. The zero-order valence-corrected chi connectivity index (χ0v) is 36.4. The molecular formula is C50H54N6O6S. The topological polar surface area (TPSA) is 146 Å². The average molecular weight is 867 g/mol. The summed E-state index contributed by atoms with van der Waals surface area (Å²) in [5.74, 6) is 0.392. The number of nitrogens with one attached hydrogen (secondary N) is 2. The van der Waals surface area contributed by atoms with Crippen molar-refractivity contribution in [1.82, 2.24) is 24.9 Å². The van der Waals surface area contributed by atoms with E-state index in [1.54, 1.807) is 36.7 Å². The molecule has 5 aromatic carbocycles. The van der Waals surface area contributed by atoms with Crippen molar-refractivity contribution in [2.75, 3.05) is 37.6 Å². The van der Waals surface area contributed by atoms with Crippen LogP contribution in [0.15, 0.2) is 151 Å². The first-order valence-electron chi connectivity index (χ1n) is 21.5. The summed E-state index contributed by atoms with van der Waals surface area (Å²) in [4.78, 5) is 27.4. The number of amides is 1. The van der Waals surface area contributed by atoms with Crippen molar-refractivity contribution in [1.29, 1.82) is 0 Å². The maximum absolute atomic E-state index is 13.7. The summed E-state index contributed by atoms with van der Waals surface area (Å²) in [6.45, 7) is 8.41. The number of aliphatic hydroxyl groups is 1. The van der Waals surface area contributed by atoms with E-state index < -0.39 is 28.3 Å². The molecule has 0 saturated carbocycles. The van der Waals surface area contributed by atoms with E-state index in [1.165, 1.54) is 0 Å². The lowest BCUT2D eigenvalue weighted by atomic mass is 9.89. The molecule has 0 aliphatic carbocycles. The molecule has 3 heterocycles. The van der Waals surface area contributed by atoms with Gasteiger partial charge in [-0.2, -0.15) is 4.72 Å². The Bertz CT molecular complexity index is 2520. The number of nitrogens with zero attached hydrogens (tertiary/aromatic N) is 4. The minimum Gasteiger partial charge on any atom is -0.392 e. The largest absolute Gasteiger partial charge is 0.392 e. The number of carbonyl (C=O) groups is 1. The van der Waals surface area contributed by atoms with Gasteiger partial charge in [-0.25, -0.2) is 18.4 Å². The van der Waals surface area contributed by atoms with E-state index >= 15 is 0 Å². The third-order valence-electron chi connectivity index (χ3n) is 11.9. The van der Waals surface area contributed by atoms with Crippen molar-refractivity contribution in [3.8, 4) is 11.1 Å². The Labute approximate surface area is 370 Å². The van der Waals surface area contributed by atoms with Crippen LogP contribution in [0.25, 0.3) is 11.1 Å². The Balaban J connectivity index is 0.946. The van der Waals surface area contributed by atoms with Crippen LogP contribution in [0.4, 0.5) is 5.95 Å². The first kappa shape index (κ1) is 43.8. The van der Waals surface area contributed by atoms with Crippen LogP contribution >= 0.6 is 0 Å². The second-order valence-corrected chi connectivity index (χ2v) is 18.1. The first-order valence-corrected chi connectivity index (χ1v) is 22.9. The number of aromatic nitrogens is 2. The zero-order chi connectivity index (χ0) is 43.8. The van der Waals surface area contributed by atoms with Gasteiger partial charge in [0.05, 0.1) is 23.7 Å². The smallest absolute Gasteiger partial charge is 0.241 e. The van der Waals surface area contributed by atoms with E-state index in [1.807, 2.05) is 104 Å². The van der Waals surface area contributed by atoms with E-state index in [4.69, 9.17) is 9.47 Å². The molecule has 3 N–H and O–H groups in total. The number of hydrogen-bond donors (Lipinski definition) is 3. The van der Waals surface area contributed by atoms with Gasteiger partial charge in [0.25, 0.3) is 0 Å². The lowest BCUT2D eigenvalue weighted by Crippen LogP contribution is -2.51. The van der Waals surface area contributed by atoms with Crippen molar-refractivity contribution in [3.05, 3.63) is 179 Å². The maximum atomic E-state index is 13.7. The molecule has 1 aromatic heterocycles. The number of hydrogen-bond acceptors (Lipinski definition) is 10. The Hall–Kier alpha value is -5.80. The number of benzene rings is 5. The molecule has 13 heteroatoms. The van der Waals surface area contributed by atoms with E-state index in [0.717, 1.165) is 83.2 Å². The van der Waals surface area contributed by atoms with Crippen molar-refractivity contribution < 1.29 is 27.8 Å². The van der Waals surface area contributed by atoms with Crippen molar-refractivity contribution in [2.24, 2.45) is 5.92 Å². The van der Waals surface area contributed by atoms with E-state index in [0.29, 0.717) is 0 Å². The first-order chi connectivity index (χ1) is 30.6. The van der Waals surface area contributed by atoms with Crippen molar-refractivity contribution in [3.63, 3.8) is 0 Å². The van der Waals surface area contributed by atoms with E-state index in [-0.39, 0.29) is 42.6 Å². The summed E-state index contributed by atoms with van der Waals surface area (Å²) < 4.78 is 43.0. The number of ether oxygens (including phenoxy) is 2. The Morgan fingerprint density at radius 1 is 0.762 bits per heavy atom. The second-order valence-electron chi connectivity index (χ2n) is 16.4. The maximum Gasteiger partial charge on any atom is 0.241 e. The highest BCUT2D eigenvalue weighted by atomic mass is 32.2. The molecule has 0 spiro atoms. The molecule has 5 atom stereocenters. The highest BCUT2D eigenvalue weighted by Crippen LogP contribution is 2.42. The summed E-state index contributed by atoms with van der Waals surface area (Å²) >= 11 is 0. The Kier molecular flexibility index (Phi) is 14.0. The fourth-order valence-electron chi connectivity index (χ4n) is 8.18. The highest BCUT2D eigenvalue weighted by Gasteiger charge is 2.39. The van der Waals surface area contributed by atoms with Gasteiger partial charge in [-0.05, 0) is 71.0 Å². The number of anilines is 1. The number of aryl methyl sites for hydroxylation is 1. The predicted molar refractivity (Wildman–Crippen MR) is 243 cm³/mol. The third-order valence-corrected chi connectivity index (χ3v) is 13.4. The molecule has 63 heavy (non-hydrogen) atoms. The number of carbonyl (C=O) groups excluding carboxylic acids is 1. The van der Waals surface area contributed by atoms with E-state index in [9.17, 15) is 18.3 Å². The van der Waals surface area contributed by atoms with Gasteiger partial charge in [0.2, 0.25) is 21.9 Å². The molecule has 0 radical (unpaired) electrons. The zero-order valence-electron chi connectivity index (χ0n) is 35.6. The fraction of sp³-hybridized carbons (Fsp3) is 0.300. The molecular weight excluding hydrogens is 813 g/mol. The second kappa shape index (κ2) is 20.1. The van der Waals surface area contributed by atoms with Crippen LogP contribution < -0.4 is 14.9 Å². The van der Waals surface area contributed by atoms with Gasteiger partial charge in [-0.1, -0.05) is 122 Å². The van der Waals surface area contributed by atoms with Crippen LogP contribution in [-0.2, 0) is 43.9 Å². The molecule has 12 nitrogen and oxygen atoms in total. The number of piperazine rings is 1. The quantitative estimate of drug-likeness (QED) is 0.101. The molecule has 8 rings (SSSR count). The molecule has 6 aromatic rings. The van der Waals surface area contributed by atoms with E-state index in [2.05, 4.69) is 48.9 Å². The van der Waals surface area contributed by atoms with Gasteiger partial charge in [0.1, 0.15) is 6.04 Å². The van der Waals surface area contributed by atoms with Gasteiger partial charge in [-0.3, -0.25) is 9.69 Å². The van der Waals surface area contributed by atoms with Gasteiger partial charge < -0.3 is 24.8 Å². The number of sulfonamides is 1. The van der Waals surface area contributed by atoms with Gasteiger partial charge in [0, 0.05) is 63.1 Å². The standard InChI is InChI=1S/C50H54N6O6S/c1-35-12-22-44(23-13-35)63(59,60)54-45(31-37-8-4-3-5-9-37)48(58)53-32-39-10-6-11-43(30-39)40-18-20-42(21-19-40)49-61-46(36(2)47(62-49)41-16-14-38(34-57)15-17-41)33-55-26-28-56(29-27-55)50-51-24-7-25-52-50/h3-25,30,36,45-47,49,54,57H,26-29,31-34H2,1-2H3,(H,53,58)/t36-,45+,46+,47+,49+/m0/s1. The molecule has 0 bridgehead atoms. The van der Waals surface area contributed by atoms with Crippen LogP contribution in [0.3, 0.4) is 0 Å². The van der Waals surface area contributed by atoms with Crippen molar-refractivity contribution in [2.45, 2.75) is 62.9 Å². The van der Waals surface area contributed by atoms with Gasteiger partial charge in [0.15, 0.2) is 6.29 Å². The van der Waals surface area contributed by atoms with Crippen molar-refractivity contribution >= 4 is 21.9 Å². The SMILES string of the molecule is Cc1ccc(S(=O)(=O)N[C@H](Cc2ccccc2)C(=O)NCc2cccc(-c3ccc([C@@H]4O[C@H](CN5CCN(c6ncccn6)CC5)[C@H](C)[C@H](c5ccc(CO)cc5)O4)cc3)c2)cc1. The summed E-state index contributed by atoms with van der Waals surface area (Å²) in [6, 6.07) is 40.8. The Morgan fingerprint density at radius 3 is 2.14 bits per heavy atom. The number of aliphatic hydroxyl groups excluding tert-OH is 1. The van der Waals surface area contributed by atoms with Crippen LogP contribution in [-0.4, -0.2) is 79.2 Å². The molecule has 2 aliphatic rings. The molecule has 2 fully saturated rings. The molecule has 2 aliphatic heterocycles. The van der Waals surface area contributed by atoms with Gasteiger partial charge in [-0.15, -0.1) is 0 Å².